The Labute approximate surface area is 143 Å². The van der Waals surface area contributed by atoms with Crippen LogP contribution in [0.25, 0.3) is 0 Å². The molecule has 1 N–H and O–H groups in total. The summed E-state index contributed by atoms with van der Waals surface area (Å²) in [6.07, 6.45) is 0. The van der Waals surface area contributed by atoms with Gasteiger partial charge < -0.3 is 14.8 Å². The predicted octanol–water partition coefficient (Wildman–Crippen LogP) is 2.46. The largest absolute Gasteiger partial charge is 0.482 e. The van der Waals surface area contributed by atoms with Crippen molar-refractivity contribution in [3.05, 3.63) is 64.2 Å². The van der Waals surface area contributed by atoms with Crippen molar-refractivity contribution in [3.63, 3.8) is 0 Å². The molecule has 1 amide bonds. The van der Waals surface area contributed by atoms with E-state index < -0.39 is 23.4 Å². The summed E-state index contributed by atoms with van der Waals surface area (Å²) in [5, 5.41) is 13.2. The molecule has 0 saturated heterocycles. The van der Waals surface area contributed by atoms with Crippen molar-refractivity contribution in [1.82, 2.24) is 0 Å². The van der Waals surface area contributed by atoms with E-state index >= 15 is 0 Å². The van der Waals surface area contributed by atoms with Crippen LogP contribution in [-0.4, -0.2) is 30.0 Å². The predicted molar refractivity (Wildman–Crippen MR) is 89.4 cm³/mol. The number of nitro groups is 1. The Bertz CT molecular complexity index is 790. The molecule has 0 atom stereocenters. The number of rotatable bonds is 7. The highest BCUT2D eigenvalue weighted by molar-refractivity contribution is 5.94. The van der Waals surface area contributed by atoms with E-state index in [2.05, 4.69) is 5.32 Å². The molecule has 0 aliphatic carbocycles. The number of ether oxygens (including phenoxy) is 2. The highest BCUT2D eigenvalue weighted by atomic mass is 16.6. The molecule has 0 bridgehead atoms. The number of nitrogens with zero attached hydrogens (tertiary/aromatic N) is 1. The van der Waals surface area contributed by atoms with Gasteiger partial charge in [0.2, 0.25) is 0 Å². The number of benzene rings is 2. The Morgan fingerprint density at radius 2 is 1.88 bits per heavy atom. The number of hydrogen-bond donors (Lipinski definition) is 1. The first kappa shape index (κ1) is 17.9. The number of carbonyl (C=O) groups excluding carboxylic acids is 2. The average molecular weight is 344 g/mol. The first-order valence-electron chi connectivity index (χ1n) is 7.34. The van der Waals surface area contributed by atoms with E-state index in [1.807, 2.05) is 13.0 Å². The van der Waals surface area contributed by atoms with Gasteiger partial charge in [-0.2, -0.15) is 0 Å². The van der Waals surface area contributed by atoms with Gasteiger partial charge in [0.25, 0.3) is 11.6 Å². The van der Waals surface area contributed by atoms with Gasteiger partial charge in [-0.3, -0.25) is 14.9 Å². The summed E-state index contributed by atoms with van der Waals surface area (Å²) in [6.45, 7) is 0.975. The summed E-state index contributed by atoms with van der Waals surface area (Å²) >= 11 is 0. The molecule has 0 saturated carbocycles. The maximum absolute atomic E-state index is 11.8. The normalized spacial score (nSPS) is 9.96. The summed E-state index contributed by atoms with van der Waals surface area (Å²) in [4.78, 5) is 33.6. The lowest BCUT2D eigenvalue weighted by Crippen LogP contribution is -2.24. The number of anilines is 1. The minimum atomic E-state index is -0.723. The van der Waals surface area contributed by atoms with Crippen LogP contribution in [0, 0.1) is 17.0 Å². The van der Waals surface area contributed by atoms with E-state index in [1.165, 1.54) is 18.2 Å². The van der Waals surface area contributed by atoms with E-state index in [0.717, 1.165) is 5.56 Å². The lowest BCUT2D eigenvalue weighted by molar-refractivity contribution is -0.383. The maximum atomic E-state index is 11.8. The number of hydrogen-bond acceptors (Lipinski definition) is 6. The zero-order chi connectivity index (χ0) is 18.2. The molecule has 2 aromatic carbocycles. The molecule has 2 aromatic rings. The van der Waals surface area contributed by atoms with Gasteiger partial charge in [-0.15, -0.1) is 0 Å². The number of nitro benzene ring substituents is 1. The van der Waals surface area contributed by atoms with Crippen LogP contribution in [0.2, 0.25) is 0 Å². The van der Waals surface area contributed by atoms with E-state index in [1.54, 1.807) is 24.3 Å². The molecule has 0 fully saturated rings. The van der Waals surface area contributed by atoms with Gasteiger partial charge in [-0.05, 0) is 30.7 Å². The number of amides is 1. The minimum Gasteiger partial charge on any atom is -0.482 e. The van der Waals surface area contributed by atoms with Crippen LogP contribution < -0.4 is 10.1 Å². The Kier molecular flexibility index (Phi) is 6.05. The maximum Gasteiger partial charge on any atom is 0.344 e. The molecule has 2 rings (SSSR count). The number of esters is 1. The van der Waals surface area contributed by atoms with Crippen LogP contribution in [-0.2, 0) is 14.3 Å². The highest BCUT2D eigenvalue weighted by Crippen LogP contribution is 2.22. The molecule has 25 heavy (non-hydrogen) atoms. The number of aryl methyl sites for hydroxylation is 1. The lowest BCUT2D eigenvalue weighted by atomic mass is 10.2. The first-order valence-corrected chi connectivity index (χ1v) is 7.34. The van der Waals surface area contributed by atoms with Crippen molar-refractivity contribution in [2.75, 3.05) is 18.5 Å². The van der Waals surface area contributed by atoms with Crippen molar-refractivity contribution in [2.45, 2.75) is 6.92 Å². The van der Waals surface area contributed by atoms with Crippen molar-refractivity contribution in [1.29, 1.82) is 0 Å². The topological polar surface area (TPSA) is 108 Å². The fraction of sp³-hybridized carbons (Fsp3) is 0.176. The molecule has 0 aliphatic rings. The van der Waals surface area contributed by atoms with Gasteiger partial charge in [0.1, 0.15) is 11.4 Å². The summed E-state index contributed by atoms with van der Waals surface area (Å²) < 4.78 is 10.0. The Morgan fingerprint density at radius 3 is 2.60 bits per heavy atom. The third-order valence-electron chi connectivity index (χ3n) is 3.09. The molecular weight excluding hydrogens is 328 g/mol. The summed E-state index contributed by atoms with van der Waals surface area (Å²) in [7, 11) is 0. The summed E-state index contributed by atoms with van der Waals surface area (Å²) in [5.41, 5.74) is 0.768. The molecule has 0 aromatic heterocycles. The smallest absolute Gasteiger partial charge is 0.344 e. The second-order valence-corrected chi connectivity index (χ2v) is 5.09. The molecule has 0 heterocycles. The fourth-order valence-electron chi connectivity index (χ4n) is 1.96. The standard InChI is InChI=1S/C17H16N2O6/c1-12-5-4-6-13(9-12)24-11-17(21)25-10-16(20)18-14-7-2-3-8-15(14)19(22)23/h2-9H,10-11H2,1H3,(H,18,20). The van der Waals surface area contributed by atoms with E-state index in [9.17, 15) is 19.7 Å². The molecule has 0 unspecified atom stereocenters. The third-order valence-corrected chi connectivity index (χ3v) is 3.09. The van der Waals surface area contributed by atoms with Gasteiger partial charge in [0.15, 0.2) is 13.2 Å². The monoisotopic (exact) mass is 344 g/mol. The van der Waals surface area contributed by atoms with Crippen LogP contribution in [0.5, 0.6) is 5.75 Å². The van der Waals surface area contributed by atoms with Crippen LogP contribution in [0.15, 0.2) is 48.5 Å². The van der Waals surface area contributed by atoms with Crippen LogP contribution in [0.4, 0.5) is 11.4 Å². The SMILES string of the molecule is Cc1cccc(OCC(=O)OCC(=O)Nc2ccccc2[N+](=O)[O-])c1. The first-order chi connectivity index (χ1) is 12.0. The number of para-hydroxylation sites is 2. The number of nitrogens with one attached hydrogen (secondary N) is 1. The third kappa shape index (κ3) is 5.61. The van der Waals surface area contributed by atoms with Crippen molar-refractivity contribution in [3.8, 4) is 5.75 Å². The lowest BCUT2D eigenvalue weighted by Gasteiger charge is -2.08. The quantitative estimate of drug-likeness (QED) is 0.469. The van der Waals surface area contributed by atoms with Crippen LogP contribution in [0.3, 0.4) is 0 Å². The summed E-state index contributed by atoms with van der Waals surface area (Å²) in [5.74, 6) is -0.890. The molecule has 130 valence electrons. The second-order valence-electron chi connectivity index (χ2n) is 5.09. The molecule has 8 heteroatoms. The minimum absolute atomic E-state index is 0.0320. The Morgan fingerprint density at radius 1 is 1.12 bits per heavy atom. The van der Waals surface area contributed by atoms with E-state index in [0.29, 0.717) is 5.75 Å². The van der Waals surface area contributed by atoms with Crippen molar-refractivity contribution >= 4 is 23.3 Å². The molecule has 0 aliphatic heterocycles. The Balaban J connectivity index is 1.80. The zero-order valence-electron chi connectivity index (χ0n) is 13.4. The Hall–Kier alpha value is -3.42. The van der Waals surface area contributed by atoms with Gasteiger partial charge >= 0.3 is 5.97 Å². The molecule has 0 radical (unpaired) electrons. The highest BCUT2D eigenvalue weighted by Gasteiger charge is 2.15. The zero-order valence-corrected chi connectivity index (χ0v) is 13.4. The average Bonchev–Trinajstić information content (AvgIpc) is 2.58. The van der Waals surface area contributed by atoms with Crippen LogP contribution >= 0.6 is 0 Å². The molecule has 0 spiro atoms. The van der Waals surface area contributed by atoms with Crippen LogP contribution in [0.1, 0.15) is 5.56 Å². The molecule has 8 nitrogen and oxygen atoms in total. The molecular formula is C17H16N2O6. The van der Waals surface area contributed by atoms with Gasteiger partial charge in [0.05, 0.1) is 4.92 Å². The van der Waals surface area contributed by atoms with Gasteiger partial charge in [0, 0.05) is 6.07 Å². The van der Waals surface area contributed by atoms with Gasteiger partial charge in [-0.25, -0.2) is 4.79 Å². The van der Waals surface area contributed by atoms with Crippen molar-refractivity contribution < 1.29 is 24.0 Å². The van der Waals surface area contributed by atoms with Crippen molar-refractivity contribution in [2.24, 2.45) is 0 Å². The van der Waals surface area contributed by atoms with Gasteiger partial charge in [-0.1, -0.05) is 24.3 Å². The second kappa shape index (κ2) is 8.44. The number of carbonyl (C=O) groups is 2. The fourth-order valence-corrected chi connectivity index (χ4v) is 1.96. The van der Waals surface area contributed by atoms with E-state index in [4.69, 9.17) is 9.47 Å². The summed E-state index contributed by atoms with van der Waals surface area (Å²) in [6, 6.07) is 12.8. The van der Waals surface area contributed by atoms with E-state index in [-0.39, 0.29) is 18.0 Å².